The molecule has 3 rings (SSSR count). The van der Waals surface area contributed by atoms with Crippen molar-refractivity contribution in [3.63, 3.8) is 0 Å². The molecule has 0 bridgehead atoms. The Kier molecular flexibility index (Phi) is 6.91. The second-order valence-corrected chi connectivity index (χ2v) is 18.8. The van der Waals surface area contributed by atoms with Crippen LogP contribution in [0.1, 0.15) is 13.2 Å². The summed E-state index contributed by atoms with van der Waals surface area (Å²) in [6.07, 6.45) is 1.00. The van der Waals surface area contributed by atoms with Crippen molar-refractivity contribution in [3.8, 4) is 0 Å². The maximum atomic E-state index is 12.0. The van der Waals surface area contributed by atoms with E-state index in [-0.39, 0.29) is 12.4 Å². The van der Waals surface area contributed by atoms with Crippen molar-refractivity contribution in [1.82, 2.24) is 19.5 Å². The fraction of sp³-hybridized carbons (Fsp3) is 0.600. The van der Waals surface area contributed by atoms with Gasteiger partial charge in [-0.05, 0) is 46.2 Å². The highest BCUT2D eigenvalue weighted by Gasteiger charge is 2.50. The summed E-state index contributed by atoms with van der Waals surface area (Å²) in [4.78, 5) is 24.8. The Balaban J connectivity index is 2.02. The number of fused-ring (bicyclic) bond motifs is 1. The molecule has 176 valence electrons. The standard InChI is InChI=1S/C20H33N5O5Si2/c1-12(2)20(26)27-9-13-15(29-31(3,4)5)16(30-32(6,7)8)19(28-13)25-11-24-14-17(21)22-10-23-18(14)25/h10-11,13,15-16,19H,1,9H2,2-8H3,(H2,21,22,23)/t13-,15-,16-,19-/m1/s1. The van der Waals surface area contributed by atoms with Gasteiger partial charge >= 0.3 is 5.97 Å². The summed E-state index contributed by atoms with van der Waals surface area (Å²) in [5, 5.41) is 0. The highest BCUT2D eigenvalue weighted by molar-refractivity contribution is 6.70. The predicted octanol–water partition coefficient (Wildman–Crippen LogP) is 2.87. The lowest BCUT2D eigenvalue weighted by Gasteiger charge is -2.34. The molecule has 1 fully saturated rings. The van der Waals surface area contributed by atoms with E-state index in [0.717, 1.165) is 0 Å². The van der Waals surface area contributed by atoms with Crippen molar-refractivity contribution in [1.29, 1.82) is 0 Å². The highest BCUT2D eigenvalue weighted by Crippen LogP contribution is 2.38. The van der Waals surface area contributed by atoms with E-state index in [1.807, 2.05) is 0 Å². The Hall–Kier alpha value is -2.13. The zero-order valence-electron chi connectivity index (χ0n) is 19.8. The third-order valence-electron chi connectivity index (χ3n) is 4.65. The summed E-state index contributed by atoms with van der Waals surface area (Å²) in [5.74, 6) is -0.184. The van der Waals surface area contributed by atoms with Crippen molar-refractivity contribution in [2.24, 2.45) is 0 Å². The van der Waals surface area contributed by atoms with Gasteiger partial charge in [0.15, 0.2) is 34.3 Å². The molecule has 0 amide bonds. The molecule has 0 saturated carbocycles. The van der Waals surface area contributed by atoms with Crippen LogP contribution in [-0.2, 0) is 23.1 Å². The maximum Gasteiger partial charge on any atom is 0.333 e. The number of nitrogen functional groups attached to an aromatic ring is 1. The van der Waals surface area contributed by atoms with Crippen LogP contribution in [-0.4, -0.2) is 67.0 Å². The Morgan fingerprint density at radius 2 is 1.75 bits per heavy atom. The van der Waals surface area contributed by atoms with E-state index in [1.165, 1.54) is 6.33 Å². The monoisotopic (exact) mass is 479 g/mol. The van der Waals surface area contributed by atoms with Crippen LogP contribution in [0.5, 0.6) is 0 Å². The van der Waals surface area contributed by atoms with Gasteiger partial charge in [0.1, 0.15) is 36.8 Å². The molecule has 0 unspecified atom stereocenters. The zero-order chi connectivity index (χ0) is 23.8. The van der Waals surface area contributed by atoms with E-state index in [9.17, 15) is 4.79 Å². The fourth-order valence-electron chi connectivity index (χ4n) is 3.49. The quantitative estimate of drug-likeness (QED) is 0.346. The minimum atomic E-state index is -2.02. The number of carbonyl (C=O) groups excluding carboxylic acids is 1. The third-order valence-corrected chi connectivity index (χ3v) is 6.61. The molecule has 2 N–H and O–H groups in total. The van der Waals surface area contributed by atoms with Crippen molar-refractivity contribution in [3.05, 3.63) is 24.8 Å². The zero-order valence-corrected chi connectivity index (χ0v) is 21.8. The first kappa shape index (κ1) is 24.5. The van der Waals surface area contributed by atoms with Crippen LogP contribution in [0.4, 0.5) is 5.82 Å². The summed E-state index contributed by atoms with van der Waals surface area (Å²) in [6, 6.07) is 0. The van der Waals surface area contributed by atoms with Gasteiger partial charge < -0.3 is 24.1 Å². The largest absolute Gasteiger partial charge is 0.459 e. The van der Waals surface area contributed by atoms with Crippen LogP contribution < -0.4 is 5.73 Å². The molecular weight excluding hydrogens is 446 g/mol. The molecule has 12 heteroatoms. The van der Waals surface area contributed by atoms with Gasteiger partial charge in [0, 0.05) is 5.57 Å². The maximum absolute atomic E-state index is 12.0. The van der Waals surface area contributed by atoms with Crippen LogP contribution in [0.3, 0.4) is 0 Å². The fourth-order valence-corrected chi connectivity index (χ4v) is 5.66. The Bertz CT molecular complexity index is 1000. The Morgan fingerprint density at radius 3 is 2.34 bits per heavy atom. The van der Waals surface area contributed by atoms with Gasteiger partial charge in [-0.1, -0.05) is 6.58 Å². The molecule has 0 radical (unpaired) electrons. The lowest BCUT2D eigenvalue weighted by Crippen LogP contribution is -2.48. The Labute approximate surface area is 190 Å². The number of nitrogens with zero attached hydrogens (tertiary/aromatic N) is 4. The number of aromatic nitrogens is 4. The van der Waals surface area contributed by atoms with Gasteiger partial charge in [-0.3, -0.25) is 4.57 Å². The summed E-state index contributed by atoms with van der Waals surface area (Å²) in [6.45, 7) is 17.9. The first-order chi connectivity index (χ1) is 14.8. The van der Waals surface area contributed by atoms with E-state index in [0.29, 0.717) is 16.7 Å². The van der Waals surface area contributed by atoms with E-state index in [4.69, 9.17) is 24.1 Å². The second-order valence-electron chi connectivity index (χ2n) is 9.92. The van der Waals surface area contributed by atoms with Crippen molar-refractivity contribution >= 4 is 39.6 Å². The third kappa shape index (κ3) is 5.62. The first-order valence-corrected chi connectivity index (χ1v) is 17.4. The van der Waals surface area contributed by atoms with E-state index in [1.54, 1.807) is 17.8 Å². The molecule has 1 aliphatic rings. The molecule has 2 aromatic heterocycles. The van der Waals surface area contributed by atoms with Gasteiger partial charge in [-0.15, -0.1) is 0 Å². The molecule has 0 aromatic carbocycles. The summed E-state index contributed by atoms with van der Waals surface area (Å²) in [7, 11) is -4.03. The molecule has 4 atom stereocenters. The van der Waals surface area contributed by atoms with Gasteiger partial charge in [0.05, 0.1) is 6.33 Å². The molecule has 1 aliphatic heterocycles. The average Bonchev–Trinajstić information content (AvgIpc) is 3.20. The van der Waals surface area contributed by atoms with Crippen LogP contribution in [0, 0.1) is 0 Å². The highest BCUT2D eigenvalue weighted by atomic mass is 28.4. The molecule has 2 aromatic rings. The second kappa shape index (κ2) is 9.02. The topological polar surface area (TPSA) is 124 Å². The van der Waals surface area contributed by atoms with Gasteiger partial charge in [0.2, 0.25) is 0 Å². The number of hydrogen-bond donors (Lipinski definition) is 1. The molecule has 3 heterocycles. The minimum Gasteiger partial charge on any atom is -0.459 e. The Morgan fingerprint density at radius 1 is 1.12 bits per heavy atom. The van der Waals surface area contributed by atoms with E-state index in [2.05, 4.69) is 60.8 Å². The average molecular weight is 480 g/mol. The minimum absolute atomic E-state index is 0.0205. The summed E-state index contributed by atoms with van der Waals surface area (Å²) < 4.78 is 26.8. The molecule has 0 spiro atoms. The van der Waals surface area contributed by atoms with Crippen LogP contribution in [0.25, 0.3) is 11.2 Å². The van der Waals surface area contributed by atoms with Crippen molar-refractivity contribution in [2.45, 2.75) is 70.7 Å². The lowest BCUT2D eigenvalue weighted by molar-refractivity contribution is -0.145. The number of hydrogen-bond acceptors (Lipinski definition) is 9. The van der Waals surface area contributed by atoms with Crippen molar-refractivity contribution < 1.29 is 23.1 Å². The van der Waals surface area contributed by atoms with Crippen molar-refractivity contribution in [2.75, 3.05) is 12.3 Å². The van der Waals surface area contributed by atoms with E-state index >= 15 is 0 Å². The first-order valence-electron chi connectivity index (χ1n) is 10.5. The SMILES string of the molecule is C=C(C)C(=O)OC[C@H]1O[C@@H](n2cnc3c(N)ncnc32)[C@H](O[Si](C)(C)C)[C@@H]1O[Si](C)(C)C. The number of rotatable bonds is 8. The molecular formula is C20H33N5O5Si2. The van der Waals surface area contributed by atoms with Gasteiger partial charge in [0.25, 0.3) is 0 Å². The molecule has 10 nitrogen and oxygen atoms in total. The number of ether oxygens (including phenoxy) is 2. The molecule has 0 aliphatic carbocycles. The smallest absolute Gasteiger partial charge is 0.333 e. The number of nitrogens with two attached hydrogens (primary N) is 1. The van der Waals surface area contributed by atoms with E-state index < -0.39 is 47.1 Å². The summed E-state index contributed by atoms with van der Waals surface area (Å²) in [5.41, 5.74) is 7.33. The van der Waals surface area contributed by atoms with Crippen LogP contribution in [0.15, 0.2) is 24.8 Å². The predicted molar refractivity (Wildman–Crippen MR) is 126 cm³/mol. The van der Waals surface area contributed by atoms with Gasteiger partial charge in [-0.25, -0.2) is 19.7 Å². The number of anilines is 1. The van der Waals surface area contributed by atoms with Crippen LogP contribution in [0.2, 0.25) is 39.3 Å². The van der Waals surface area contributed by atoms with Gasteiger partial charge in [-0.2, -0.15) is 0 Å². The normalized spacial score (nSPS) is 24.1. The number of carbonyl (C=O) groups is 1. The molecule has 1 saturated heterocycles. The number of esters is 1. The summed E-state index contributed by atoms with van der Waals surface area (Å²) >= 11 is 0. The molecule has 32 heavy (non-hydrogen) atoms. The number of imidazole rings is 1. The van der Waals surface area contributed by atoms with Crippen LogP contribution >= 0.6 is 0 Å². The lowest BCUT2D eigenvalue weighted by atomic mass is 10.1.